The minimum absolute atomic E-state index is 0.345. The van der Waals surface area contributed by atoms with Gasteiger partial charge in [-0.2, -0.15) is 8.42 Å². The zero-order valence-corrected chi connectivity index (χ0v) is 9.16. The Morgan fingerprint density at radius 3 is 2.64 bits per heavy atom. The number of halogens is 1. The van der Waals surface area contributed by atoms with Crippen LogP contribution in [-0.2, 0) is 10.2 Å². The van der Waals surface area contributed by atoms with Crippen molar-refractivity contribution in [2.75, 3.05) is 11.5 Å². The summed E-state index contributed by atoms with van der Waals surface area (Å²) in [5, 5.41) is 0. The largest absolute Gasteiger partial charge is 0.398 e. The summed E-state index contributed by atoms with van der Waals surface area (Å²) < 4.78 is 33.8. The number of benzene rings is 1. The van der Waals surface area contributed by atoms with Gasteiger partial charge in [-0.3, -0.25) is 0 Å². The van der Waals surface area contributed by atoms with E-state index < -0.39 is 10.2 Å². The molecular weight excluding hydrogens is 225 g/mol. The van der Waals surface area contributed by atoms with Gasteiger partial charge in [-0.15, -0.1) is 15.6 Å². The van der Waals surface area contributed by atoms with Crippen molar-refractivity contribution < 1.29 is 12.3 Å². The number of rotatable bonds is 3. The molecule has 0 spiro atoms. The Morgan fingerprint density at radius 1 is 1.50 bits per heavy atom. The molecule has 1 rings (SSSR count). The van der Waals surface area contributed by atoms with E-state index >= 15 is 0 Å². The van der Waals surface area contributed by atoms with Crippen molar-refractivity contribution in [2.45, 2.75) is 16.7 Å². The fraction of sp³-hybridized carbons (Fsp3) is 0.250. The molecule has 0 unspecified atom stereocenters. The van der Waals surface area contributed by atoms with Gasteiger partial charge in [-0.05, 0) is 24.0 Å². The van der Waals surface area contributed by atoms with E-state index in [-0.39, 0.29) is 4.90 Å². The Morgan fingerprint density at radius 2 is 2.14 bits per heavy atom. The van der Waals surface area contributed by atoms with Crippen LogP contribution >= 0.6 is 11.8 Å². The van der Waals surface area contributed by atoms with Crippen molar-refractivity contribution in [1.82, 2.24) is 0 Å². The fourth-order valence-electron chi connectivity index (χ4n) is 0.947. The lowest BCUT2D eigenvalue weighted by atomic mass is 10.3. The van der Waals surface area contributed by atoms with Gasteiger partial charge in [0.25, 0.3) is 0 Å². The molecule has 0 aliphatic carbocycles. The Balaban J connectivity index is 3.20. The lowest BCUT2D eigenvalue weighted by molar-refractivity contribution is 0.552. The summed E-state index contributed by atoms with van der Waals surface area (Å²) in [5.41, 5.74) is 6.04. The van der Waals surface area contributed by atoms with E-state index in [2.05, 4.69) is 0 Å². The molecule has 0 aromatic heterocycles. The van der Waals surface area contributed by atoms with Crippen molar-refractivity contribution in [3.63, 3.8) is 0 Å². The topological polar surface area (TPSA) is 60.2 Å². The molecule has 0 fully saturated rings. The monoisotopic (exact) mass is 235 g/mol. The summed E-state index contributed by atoms with van der Waals surface area (Å²) in [7, 11) is -4.63. The molecule has 0 radical (unpaired) electrons. The number of hydrogen-bond acceptors (Lipinski definition) is 4. The highest BCUT2D eigenvalue weighted by molar-refractivity contribution is 7.99. The van der Waals surface area contributed by atoms with Crippen LogP contribution in [-0.4, -0.2) is 14.2 Å². The van der Waals surface area contributed by atoms with Crippen LogP contribution in [0.3, 0.4) is 0 Å². The van der Waals surface area contributed by atoms with E-state index in [1.807, 2.05) is 6.92 Å². The van der Waals surface area contributed by atoms with Crippen molar-refractivity contribution >= 4 is 27.7 Å². The van der Waals surface area contributed by atoms with E-state index in [9.17, 15) is 12.3 Å². The predicted molar refractivity (Wildman–Crippen MR) is 55.5 cm³/mol. The second kappa shape index (κ2) is 4.18. The second-order valence-corrected chi connectivity index (χ2v) is 5.22. The van der Waals surface area contributed by atoms with Gasteiger partial charge in [0.05, 0.1) is 4.90 Å². The zero-order chi connectivity index (χ0) is 10.8. The molecule has 0 aliphatic heterocycles. The molecule has 0 bridgehead atoms. The van der Waals surface area contributed by atoms with Crippen LogP contribution in [0.1, 0.15) is 6.92 Å². The Labute approximate surface area is 86.7 Å². The number of nitrogen functional groups attached to an aromatic ring is 1. The van der Waals surface area contributed by atoms with E-state index in [1.54, 1.807) is 0 Å². The lowest BCUT2D eigenvalue weighted by Gasteiger charge is -2.04. The third-order valence-corrected chi connectivity index (χ3v) is 3.34. The van der Waals surface area contributed by atoms with Crippen LogP contribution < -0.4 is 5.73 Å². The first kappa shape index (κ1) is 11.3. The van der Waals surface area contributed by atoms with Gasteiger partial charge >= 0.3 is 10.2 Å². The summed E-state index contributed by atoms with van der Waals surface area (Å²) in [6, 6.07) is 3.80. The highest BCUT2D eigenvalue weighted by Crippen LogP contribution is 2.28. The van der Waals surface area contributed by atoms with Gasteiger partial charge in [-0.1, -0.05) is 6.92 Å². The molecule has 78 valence electrons. The molecule has 0 heterocycles. The van der Waals surface area contributed by atoms with Crippen LogP contribution in [0.2, 0.25) is 0 Å². The molecule has 14 heavy (non-hydrogen) atoms. The number of anilines is 1. The average Bonchev–Trinajstić information content (AvgIpc) is 2.07. The van der Waals surface area contributed by atoms with Crippen LogP contribution in [0.5, 0.6) is 0 Å². The normalized spacial score (nSPS) is 11.6. The molecule has 0 atom stereocenters. The molecule has 3 nitrogen and oxygen atoms in total. The highest BCUT2D eigenvalue weighted by Gasteiger charge is 2.13. The lowest BCUT2D eigenvalue weighted by Crippen LogP contribution is -1.95. The Kier molecular flexibility index (Phi) is 3.38. The second-order valence-electron chi connectivity index (χ2n) is 2.57. The summed E-state index contributed by atoms with van der Waals surface area (Å²) in [6.07, 6.45) is 0. The first-order valence-electron chi connectivity index (χ1n) is 3.92. The van der Waals surface area contributed by atoms with Gasteiger partial charge in [0, 0.05) is 10.6 Å². The maximum absolute atomic E-state index is 12.6. The summed E-state index contributed by atoms with van der Waals surface area (Å²) >= 11 is 1.38. The van der Waals surface area contributed by atoms with E-state index in [0.29, 0.717) is 10.6 Å². The minimum Gasteiger partial charge on any atom is -0.398 e. The van der Waals surface area contributed by atoms with E-state index in [1.165, 1.54) is 23.9 Å². The van der Waals surface area contributed by atoms with Crippen LogP contribution in [0.15, 0.2) is 28.0 Å². The van der Waals surface area contributed by atoms with Gasteiger partial charge in [0.2, 0.25) is 0 Å². The maximum atomic E-state index is 12.6. The smallest absolute Gasteiger partial charge is 0.332 e. The van der Waals surface area contributed by atoms with Crippen LogP contribution in [0, 0.1) is 0 Å². The average molecular weight is 235 g/mol. The SMILES string of the molecule is CCSc1cc(S(=O)(=O)F)ccc1N. The Hall–Kier alpha value is -0.750. The zero-order valence-electron chi connectivity index (χ0n) is 7.53. The van der Waals surface area contributed by atoms with E-state index in [0.717, 1.165) is 11.8 Å². The van der Waals surface area contributed by atoms with Gasteiger partial charge in [0.15, 0.2) is 0 Å². The summed E-state index contributed by atoms with van der Waals surface area (Å²) in [6.45, 7) is 1.90. The molecule has 0 aliphatic rings. The quantitative estimate of drug-likeness (QED) is 0.495. The van der Waals surface area contributed by atoms with Crippen molar-refractivity contribution in [3.05, 3.63) is 18.2 Å². The molecular formula is C8H10FNO2S2. The highest BCUT2D eigenvalue weighted by atomic mass is 32.3. The number of hydrogen-bond donors (Lipinski definition) is 1. The summed E-state index contributed by atoms with van der Waals surface area (Å²) in [4.78, 5) is 0.244. The van der Waals surface area contributed by atoms with Gasteiger partial charge in [0.1, 0.15) is 0 Å². The molecule has 6 heteroatoms. The molecule has 0 saturated carbocycles. The van der Waals surface area contributed by atoms with Crippen molar-refractivity contribution in [1.29, 1.82) is 0 Å². The third kappa shape index (κ3) is 2.62. The van der Waals surface area contributed by atoms with Crippen molar-refractivity contribution in [3.8, 4) is 0 Å². The fourth-order valence-corrected chi connectivity index (χ4v) is 2.27. The first-order chi connectivity index (χ1) is 6.45. The Bertz CT molecular complexity index is 431. The number of thioether (sulfide) groups is 1. The third-order valence-electron chi connectivity index (χ3n) is 1.57. The molecule has 0 amide bonds. The van der Waals surface area contributed by atoms with Gasteiger partial charge in [-0.25, -0.2) is 0 Å². The number of nitrogens with two attached hydrogens (primary N) is 1. The molecule has 0 saturated heterocycles. The molecule has 1 aromatic carbocycles. The van der Waals surface area contributed by atoms with Crippen LogP contribution in [0.4, 0.5) is 9.57 Å². The molecule has 2 N–H and O–H groups in total. The first-order valence-corrected chi connectivity index (χ1v) is 6.29. The summed E-state index contributed by atoms with van der Waals surface area (Å²) in [5.74, 6) is 0.750. The maximum Gasteiger partial charge on any atom is 0.332 e. The van der Waals surface area contributed by atoms with Crippen LogP contribution in [0.25, 0.3) is 0 Å². The van der Waals surface area contributed by atoms with Crippen molar-refractivity contribution in [2.24, 2.45) is 0 Å². The standard InChI is InChI=1S/C8H10FNO2S2/c1-2-13-8-5-6(14(9,11)12)3-4-7(8)10/h3-5H,2,10H2,1H3. The van der Waals surface area contributed by atoms with E-state index in [4.69, 9.17) is 5.73 Å². The van der Waals surface area contributed by atoms with Gasteiger partial charge < -0.3 is 5.73 Å². The predicted octanol–water partition coefficient (Wildman–Crippen LogP) is 2.04. The molecule has 1 aromatic rings. The minimum atomic E-state index is -4.63.